The smallest absolute Gasteiger partial charge is 0.289 e. The van der Waals surface area contributed by atoms with Crippen LogP contribution in [0.25, 0.3) is 0 Å². The summed E-state index contributed by atoms with van der Waals surface area (Å²) in [4.78, 5) is 25.5. The van der Waals surface area contributed by atoms with E-state index in [9.17, 15) is 9.59 Å². The second kappa shape index (κ2) is 8.02. The normalized spacial score (nSPS) is 10.2. The molecule has 2 aromatic carbocycles. The third-order valence-corrected chi connectivity index (χ3v) is 3.69. The van der Waals surface area contributed by atoms with Gasteiger partial charge in [-0.05, 0) is 48.5 Å². The number of hydrogen-bond donors (Lipinski definition) is 2. The van der Waals surface area contributed by atoms with E-state index in [1.807, 2.05) is 42.5 Å². The van der Waals surface area contributed by atoms with E-state index in [0.717, 1.165) is 11.4 Å². The molecule has 132 valence electrons. The van der Waals surface area contributed by atoms with E-state index >= 15 is 0 Å². The lowest BCUT2D eigenvalue weighted by Crippen LogP contribution is -2.34. The largest absolute Gasteiger partial charge is 0.459 e. The average molecular weight is 349 g/mol. The molecule has 0 aliphatic carbocycles. The molecule has 0 aliphatic rings. The van der Waals surface area contributed by atoms with Crippen LogP contribution in [0.3, 0.4) is 0 Å². The van der Waals surface area contributed by atoms with Gasteiger partial charge < -0.3 is 20.0 Å². The Balaban J connectivity index is 1.53. The molecular weight excluding hydrogens is 330 g/mol. The number of anilines is 3. The maximum Gasteiger partial charge on any atom is 0.289 e. The van der Waals surface area contributed by atoms with Gasteiger partial charge in [0.05, 0.1) is 12.8 Å². The van der Waals surface area contributed by atoms with Crippen LogP contribution in [0.5, 0.6) is 0 Å². The zero-order valence-electron chi connectivity index (χ0n) is 14.3. The Bertz CT molecular complexity index is 859. The zero-order chi connectivity index (χ0) is 18.4. The lowest BCUT2D eigenvalue weighted by molar-refractivity contribution is -0.116. The van der Waals surface area contributed by atoms with E-state index in [1.54, 1.807) is 31.3 Å². The van der Waals surface area contributed by atoms with Crippen LogP contribution in [-0.4, -0.2) is 30.3 Å². The van der Waals surface area contributed by atoms with Crippen molar-refractivity contribution in [3.05, 3.63) is 78.8 Å². The molecule has 0 radical (unpaired) electrons. The van der Waals surface area contributed by atoms with Gasteiger partial charge in [-0.15, -0.1) is 0 Å². The maximum atomic E-state index is 12.1. The van der Waals surface area contributed by atoms with Crippen molar-refractivity contribution in [3.63, 3.8) is 0 Å². The lowest BCUT2D eigenvalue weighted by Gasteiger charge is -2.15. The summed E-state index contributed by atoms with van der Waals surface area (Å²) in [7, 11) is 1.55. The molecule has 3 rings (SSSR count). The summed E-state index contributed by atoms with van der Waals surface area (Å²) in [6.45, 7) is -0.0659. The number of benzene rings is 2. The molecule has 6 nitrogen and oxygen atoms in total. The Morgan fingerprint density at radius 2 is 1.54 bits per heavy atom. The third-order valence-electron chi connectivity index (χ3n) is 3.69. The van der Waals surface area contributed by atoms with Crippen LogP contribution < -0.4 is 10.6 Å². The molecule has 2 amide bonds. The van der Waals surface area contributed by atoms with Gasteiger partial charge in [-0.2, -0.15) is 0 Å². The maximum absolute atomic E-state index is 12.1. The zero-order valence-corrected chi connectivity index (χ0v) is 14.3. The third kappa shape index (κ3) is 4.51. The van der Waals surface area contributed by atoms with Crippen LogP contribution >= 0.6 is 0 Å². The molecule has 0 saturated carbocycles. The molecule has 26 heavy (non-hydrogen) atoms. The fraction of sp³-hybridized carbons (Fsp3) is 0.100. The lowest BCUT2D eigenvalue weighted by atomic mass is 10.2. The first-order chi connectivity index (χ1) is 12.6. The molecule has 6 heteroatoms. The Kier molecular flexibility index (Phi) is 5.34. The quantitative estimate of drug-likeness (QED) is 0.711. The van der Waals surface area contributed by atoms with Crippen LogP contribution in [-0.2, 0) is 4.79 Å². The molecule has 0 fully saturated rings. The molecule has 0 unspecified atom stereocenters. The SMILES string of the molecule is CN(CC(=O)Nc1ccc(Nc2ccccc2)cc1)C(=O)c1ccco1. The van der Waals surface area contributed by atoms with Crippen LogP contribution in [0.2, 0.25) is 0 Å². The Morgan fingerprint density at radius 3 is 2.19 bits per heavy atom. The van der Waals surface area contributed by atoms with E-state index < -0.39 is 0 Å². The Hall–Kier alpha value is -3.54. The van der Waals surface area contributed by atoms with Crippen molar-refractivity contribution < 1.29 is 14.0 Å². The van der Waals surface area contributed by atoms with E-state index in [-0.39, 0.29) is 24.1 Å². The second-order valence-corrected chi connectivity index (χ2v) is 5.76. The number of carbonyl (C=O) groups is 2. The van der Waals surface area contributed by atoms with Gasteiger partial charge in [-0.25, -0.2) is 0 Å². The van der Waals surface area contributed by atoms with Crippen LogP contribution in [0, 0.1) is 0 Å². The van der Waals surface area contributed by atoms with E-state index in [0.29, 0.717) is 5.69 Å². The van der Waals surface area contributed by atoms with Gasteiger partial charge in [-0.3, -0.25) is 9.59 Å². The van der Waals surface area contributed by atoms with Crippen LogP contribution in [0.15, 0.2) is 77.4 Å². The van der Waals surface area contributed by atoms with Gasteiger partial charge in [0.2, 0.25) is 5.91 Å². The van der Waals surface area contributed by atoms with E-state index in [2.05, 4.69) is 10.6 Å². The van der Waals surface area contributed by atoms with Crippen LogP contribution in [0.4, 0.5) is 17.1 Å². The van der Waals surface area contributed by atoms with Crippen molar-refractivity contribution in [1.29, 1.82) is 0 Å². The number of furan rings is 1. The van der Waals surface area contributed by atoms with Gasteiger partial charge in [0.15, 0.2) is 5.76 Å². The minimum Gasteiger partial charge on any atom is -0.459 e. The topological polar surface area (TPSA) is 74.6 Å². The fourth-order valence-corrected chi connectivity index (χ4v) is 2.40. The highest BCUT2D eigenvalue weighted by Gasteiger charge is 2.17. The molecule has 0 saturated heterocycles. The number of nitrogens with one attached hydrogen (secondary N) is 2. The molecule has 0 aliphatic heterocycles. The number of nitrogens with zero attached hydrogens (tertiary/aromatic N) is 1. The monoisotopic (exact) mass is 349 g/mol. The molecule has 3 aromatic rings. The summed E-state index contributed by atoms with van der Waals surface area (Å²) in [5, 5.41) is 6.04. The van der Waals surface area contributed by atoms with Crippen molar-refractivity contribution >= 4 is 28.9 Å². The van der Waals surface area contributed by atoms with Crippen molar-refractivity contribution in [1.82, 2.24) is 4.90 Å². The summed E-state index contributed by atoms with van der Waals surface area (Å²) < 4.78 is 5.05. The molecular formula is C20H19N3O3. The minimum atomic E-state index is -0.340. The van der Waals surface area contributed by atoms with Crippen molar-refractivity contribution in [2.45, 2.75) is 0 Å². The number of para-hydroxylation sites is 1. The first-order valence-electron chi connectivity index (χ1n) is 8.13. The Labute approximate surface area is 151 Å². The predicted molar refractivity (Wildman–Crippen MR) is 100 cm³/mol. The summed E-state index contributed by atoms with van der Waals surface area (Å²) in [5.74, 6) is -0.416. The van der Waals surface area contributed by atoms with Gasteiger partial charge in [0, 0.05) is 24.1 Å². The first kappa shape index (κ1) is 17.3. The van der Waals surface area contributed by atoms with Crippen molar-refractivity contribution in [2.24, 2.45) is 0 Å². The van der Waals surface area contributed by atoms with Gasteiger partial charge >= 0.3 is 0 Å². The molecule has 0 atom stereocenters. The summed E-state index contributed by atoms with van der Waals surface area (Å²) in [5.41, 5.74) is 2.56. The van der Waals surface area contributed by atoms with Gasteiger partial charge in [-0.1, -0.05) is 18.2 Å². The molecule has 0 spiro atoms. The van der Waals surface area contributed by atoms with Crippen LogP contribution in [0.1, 0.15) is 10.6 Å². The van der Waals surface area contributed by atoms with Crippen molar-refractivity contribution in [2.75, 3.05) is 24.2 Å². The number of carbonyl (C=O) groups excluding carboxylic acids is 2. The van der Waals surface area contributed by atoms with Crippen molar-refractivity contribution in [3.8, 4) is 0 Å². The number of rotatable bonds is 6. The van der Waals surface area contributed by atoms with E-state index in [1.165, 1.54) is 11.2 Å². The second-order valence-electron chi connectivity index (χ2n) is 5.76. The molecule has 2 N–H and O–H groups in total. The van der Waals surface area contributed by atoms with Gasteiger partial charge in [0.25, 0.3) is 5.91 Å². The minimum absolute atomic E-state index is 0.0659. The highest BCUT2D eigenvalue weighted by atomic mass is 16.3. The summed E-state index contributed by atoms with van der Waals surface area (Å²) >= 11 is 0. The fourth-order valence-electron chi connectivity index (χ4n) is 2.40. The number of likely N-dealkylation sites (N-methyl/N-ethyl adjacent to an activating group) is 1. The Morgan fingerprint density at radius 1 is 0.885 bits per heavy atom. The average Bonchev–Trinajstić information content (AvgIpc) is 3.18. The molecule has 1 heterocycles. The molecule has 0 bridgehead atoms. The first-order valence-corrected chi connectivity index (χ1v) is 8.13. The predicted octanol–water partition coefficient (Wildman–Crippen LogP) is 3.73. The highest BCUT2D eigenvalue weighted by Crippen LogP contribution is 2.18. The summed E-state index contributed by atoms with van der Waals surface area (Å²) in [6, 6.07) is 20.4. The van der Waals surface area contributed by atoms with Gasteiger partial charge in [0.1, 0.15) is 0 Å². The highest BCUT2D eigenvalue weighted by molar-refractivity contribution is 5.98. The number of hydrogen-bond acceptors (Lipinski definition) is 4. The number of amides is 2. The van der Waals surface area contributed by atoms with E-state index in [4.69, 9.17) is 4.42 Å². The summed E-state index contributed by atoms with van der Waals surface area (Å²) in [6.07, 6.45) is 1.42. The molecule has 1 aromatic heterocycles. The standard InChI is InChI=1S/C20H19N3O3/c1-23(20(25)18-8-5-13-26-18)14-19(24)22-17-11-9-16(10-12-17)21-15-6-3-2-4-7-15/h2-13,21H,14H2,1H3,(H,22,24).